The lowest BCUT2D eigenvalue weighted by atomic mass is 9.48. The first-order valence-electron chi connectivity index (χ1n) is 11.8. The minimum absolute atomic E-state index is 0.115. The largest absolute Gasteiger partial charge is 0.393 e. The summed E-state index contributed by atoms with van der Waals surface area (Å²) >= 11 is 1.75. The highest BCUT2D eigenvalue weighted by molar-refractivity contribution is 7.16. The number of aryl methyl sites for hydroxylation is 1. The zero-order chi connectivity index (χ0) is 21.4. The molecule has 4 aliphatic rings. The van der Waals surface area contributed by atoms with Gasteiger partial charge in [-0.25, -0.2) is 9.37 Å². The second-order valence-corrected chi connectivity index (χ2v) is 11.7. The first kappa shape index (κ1) is 19.9. The summed E-state index contributed by atoms with van der Waals surface area (Å²) in [4.78, 5) is 6.27. The SMILES string of the molecule is C[C@]12CC[C@H]3[C@@H](CC=C4c5sc(Nc6ccc(F)cc6)nc5CC[C@@]43C)[C@@H]1CC[C@@H]2O. The van der Waals surface area contributed by atoms with Crippen molar-refractivity contribution in [2.75, 3.05) is 5.32 Å². The van der Waals surface area contributed by atoms with Gasteiger partial charge in [0.1, 0.15) is 5.82 Å². The number of hydrogen-bond acceptors (Lipinski definition) is 4. The lowest BCUT2D eigenvalue weighted by Gasteiger charge is -2.56. The molecule has 164 valence electrons. The van der Waals surface area contributed by atoms with E-state index in [2.05, 4.69) is 25.2 Å². The lowest BCUT2D eigenvalue weighted by molar-refractivity contribution is -0.0579. The predicted octanol–water partition coefficient (Wildman–Crippen LogP) is 6.57. The van der Waals surface area contributed by atoms with Crippen LogP contribution in [0.15, 0.2) is 30.3 Å². The summed E-state index contributed by atoms with van der Waals surface area (Å²) in [5.41, 5.74) is 3.94. The first-order valence-corrected chi connectivity index (χ1v) is 12.6. The van der Waals surface area contributed by atoms with Gasteiger partial charge in [-0.3, -0.25) is 0 Å². The van der Waals surface area contributed by atoms with Crippen molar-refractivity contribution in [1.82, 2.24) is 4.98 Å². The molecule has 2 fully saturated rings. The van der Waals surface area contributed by atoms with Gasteiger partial charge in [0.05, 0.1) is 16.7 Å². The first-order chi connectivity index (χ1) is 14.9. The maximum atomic E-state index is 13.2. The molecule has 0 spiro atoms. The molecule has 2 saturated carbocycles. The Morgan fingerprint density at radius 2 is 1.90 bits per heavy atom. The monoisotopic (exact) mass is 438 g/mol. The Balaban J connectivity index is 1.32. The number of anilines is 2. The molecule has 0 bridgehead atoms. The van der Waals surface area contributed by atoms with E-state index < -0.39 is 0 Å². The van der Waals surface area contributed by atoms with Crippen molar-refractivity contribution in [2.45, 2.75) is 64.9 Å². The summed E-state index contributed by atoms with van der Waals surface area (Å²) in [6.07, 6.45) is 10.3. The van der Waals surface area contributed by atoms with Crippen LogP contribution in [-0.2, 0) is 6.42 Å². The van der Waals surface area contributed by atoms with Gasteiger partial charge in [0.15, 0.2) is 5.13 Å². The van der Waals surface area contributed by atoms with Crippen LogP contribution in [0.5, 0.6) is 0 Å². The van der Waals surface area contributed by atoms with E-state index in [0.717, 1.165) is 36.5 Å². The summed E-state index contributed by atoms with van der Waals surface area (Å²) in [6.45, 7) is 4.85. The van der Waals surface area contributed by atoms with Crippen LogP contribution in [0.1, 0.15) is 62.9 Å². The Kier molecular flexibility index (Phi) is 4.43. The lowest BCUT2D eigenvalue weighted by Crippen LogP contribution is -2.50. The highest BCUT2D eigenvalue weighted by atomic mass is 32.1. The Morgan fingerprint density at radius 3 is 2.71 bits per heavy atom. The average molecular weight is 439 g/mol. The smallest absolute Gasteiger partial charge is 0.187 e. The fraction of sp³-hybridized carbons (Fsp3) is 0.577. The fourth-order valence-corrected chi connectivity index (χ4v) is 8.77. The number of aliphatic hydroxyl groups excluding tert-OH is 1. The summed E-state index contributed by atoms with van der Waals surface area (Å²) in [6, 6.07) is 6.49. The Hall–Kier alpha value is -1.72. The van der Waals surface area contributed by atoms with Crippen LogP contribution in [0.4, 0.5) is 15.2 Å². The molecule has 4 aliphatic carbocycles. The zero-order valence-corrected chi connectivity index (χ0v) is 19.1. The molecule has 1 aromatic carbocycles. The molecule has 0 aliphatic heterocycles. The Morgan fingerprint density at radius 1 is 1.10 bits per heavy atom. The molecule has 0 amide bonds. The van der Waals surface area contributed by atoms with E-state index in [9.17, 15) is 9.50 Å². The highest BCUT2D eigenvalue weighted by Crippen LogP contribution is 2.66. The van der Waals surface area contributed by atoms with Crippen molar-refractivity contribution >= 4 is 27.7 Å². The number of thiazole rings is 1. The molecular formula is C26H31FN2OS. The van der Waals surface area contributed by atoms with Crippen LogP contribution >= 0.6 is 11.3 Å². The molecule has 2 N–H and O–H groups in total. The van der Waals surface area contributed by atoms with Crippen molar-refractivity contribution < 1.29 is 9.50 Å². The number of benzene rings is 1. The van der Waals surface area contributed by atoms with Crippen LogP contribution in [0.2, 0.25) is 0 Å². The minimum Gasteiger partial charge on any atom is -0.393 e. The van der Waals surface area contributed by atoms with Gasteiger partial charge in [0.25, 0.3) is 0 Å². The van der Waals surface area contributed by atoms with Gasteiger partial charge < -0.3 is 10.4 Å². The van der Waals surface area contributed by atoms with Crippen LogP contribution < -0.4 is 5.32 Å². The van der Waals surface area contributed by atoms with Gasteiger partial charge in [-0.15, -0.1) is 0 Å². The van der Waals surface area contributed by atoms with E-state index in [-0.39, 0.29) is 22.8 Å². The minimum atomic E-state index is -0.222. The molecule has 3 nitrogen and oxygen atoms in total. The van der Waals surface area contributed by atoms with Crippen molar-refractivity contribution in [2.24, 2.45) is 28.6 Å². The van der Waals surface area contributed by atoms with Crippen molar-refractivity contribution in [3.63, 3.8) is 0 Å². The molecule has 31 heavy (non-hydrogen) atoms. The summed E-state index contributed by atoms with van der Waals surface area (Å²) in [7, 11) is 0. The van der Waals surface area contributed by atoms with E-state index in [1.807, 2.05) is 0 Å². The van der Waals surface area contributed by atoms with Crippen molar-refractivity contribution in [1.29, 1.82) is 0 Å². The molecule has 6 atom stereocenters. The number of halogens is 1. The third kappa shape index (κ3) is 2.88. The third-order valence-electron chi connectivity index (χ3n) is 9.33. The third-order valence-corrected chi connectivity index (χ3v) is 10.4. The summed E-state index contributed by atoms with van der Waals surface area (Å²) < 4.78 is 13.2. The van der Waals surface area contributed by atoms with Crippen LogP contribution in [-0.4, -0.2) is 16.2 Å². The fourth-order valence-electron chi connectivity index (χ4n) is 7.56. The molecule has 1 aromatic heterocycles. The number of hydrogen-bond donors (Lipinski definition) is 2. The molecule has 1 heterocycles. The predicted molar refractivity (Wildman–Crippen MR) is 124 cm³/mol. The molecule has 0 unspecified atom stereocenters. The molecular weight excluding hydrogens is 407 g/mol. The molecule has 5 heteroatoms. The van der Waals surface area contributed by atoms with Gasteiger partial charge >= 0.3 is 0 Å². The number of nitrogens with one attached hydrogen (secondary N) is 1. The highest BCUT2D eigenvalue weighted by Gasteiger charge is 2.58. The van der Waals surface area contributed by atoms with Crippen molar-refractivity contribution in [3.05, 3.63) is 46.7 Å². The Bertz CT molecular complexity index is 1050. The normalized spacial score (nSPS) is 38.5. The number of rotatable bonds is 2. The number of nitrogens with zero attached hydrogens (tertiary/aromatic N) is 1. The van der Waals surface area contributed by atoms with E-state index in [1.165, 1.54) is 47.5 Å². The van der Waals surface area contributed by atoms with E-state index in [4.69, 9.17) is 4.98 Å². The van der Waals surface area contributed by atoms with E-state index in [0.29, 0.717) is 17.8 Å². The Labute approximate surface area is 187 Å². The topological polar surface area (TPSA) is 45.2 Å². The maximum absolute atomic E-state index is 13.2. The average Bonchev–Trinajstić information content (AvgIpc) is 3.29. The zero-order valence-electron chi connectivity index (χ0n) is 18.3. The second-order valence-electron chi connectivity index (χ2n) is 10.7. The van der Waals surface area contributed by atoms with Gasteiger partial charge in [-0.2, -0.15) is 0 Å². The second kappa shape index (κ2) is 6.89. The summed E-state index contributed by atoms with van der Waals surface area (Å²) in [5, 5.41) is 15.0. The van der Waals surface area contributed by atoms with Gasteiger partial charge in [0.2, 0.25) is 0 Å². The van der Waals surface area contributed by atoms with Gasteiger partial charge in [-0.1, -0.05) is 31.3 Å². The maximum Gasteiger partial charge on any atom is 0.187 e. The summed E-state index contributed by atoms with van der Waals surface area (Å²) in [5.74, 6) is 1.85. The van der Waals surface area contributed by atoms with E-state index in [1.54, 1.807) is 23.5 Å². The standard InChI is InChI=1S/C26H31FN2OS/c1-25-14-12-21-23(31-24(29-21)28-16-5-3-15(27)4-6-16)20(25)8-7-17-18-9-10-22(30)26(18,2)13-11-19(17)25/h3-6,8,17-19,22,30H,7,9-14H2,1-2H3,(H,28,29)/t17-,18-,19-,22-,25+,26-/m0/s1. The van der Waals surface area contributed by atoms with Gasteiger partial charge in [-0.05, 0) is 103 Å². The number of aromatic nitrogens is 1. The molecule has 2 aromatic rings. The molecule has 0 saturated heterocycles. The van der Waals surface area contributed by atoms with Crippen LogP contribution in [0.3, 0.4) is 0 Å². The quantitative estimate of drug-likeness (QED) is 0.557. The van der Waals surface area contributed by atoms with Crippen LogP contribution in [0.25, 0.3) is 5.57 Å². The molecule has 0 radical (unpaired) electrons. The van der Waals surface area contributed by atoms with E-state index >= 15 is 0 Å². The number of aliphatic hydroxyl groups is 1. The van der Waals surface area contributed by atoms with Gasteiger partial charge in [0, 0.05) is 5.69 Å². The number of allylic oxidation sites excluding steroid dienone is 2. The number of fused-ring (bicyclic) bond motifs is 7. The van der Waals surface area contributed by atoms with Crippen LogP contribution in [0, 0.1) is 34.4 Å². The van der Waals surface area contributed by atoms with Crippen molar-refractivity contribution in [3.8, 4) is 0 Å². The molecule has 6 rings (SSSR count).